The molecule has 2 saturated heterocycles. The number of carbonyl (C=O) groups is 3. The molecular formula is C23H31FN6O5. The van der Waals surface area contributed by atoms with Gasteiger partial charge < -0.3 is 30.4 Å². The molecule has 3 heterocycles. The molecule has 2 unspecified atom stereocenters. The third-order valence-corrected chi connectivity index (χ3v) is 6.48. The van der Waals surface area contributed by atoms with Crippen molar-refractivity contribution in [3.8, 4) is 0 Å². The zero-order chi connectivity index (χ0) is 24.9. The average Bonchev–Trinajstić information content (AvgIpc) is 3.32. The smallest absolute Gasteiger partial charge is 0.322 e. The summed E-state index contributed by atoms with van der Waals surface area (Å²) in [6.45, 7) is 5.36. The Morgan fingerprint density at radius 1 is 1.23 bits per heavy atom. The summed E-state index contributed by atoms with van der Waals surface area (Å²) in [5, 5.41) is 18.8. The van der Waals surface area contributed by atoms with Gasteiger partial charge in [0.25, 0.3) is 0 Å². The Labute approximate surface area is 202 Å². The maximum absolute atomic E-state index is 15.0. The van der Waals surface area contributed by atoms with Crippen LogP contribution in [0, 0.1) is 5.82 Å². The number of carboxylic acid groups (broad SMARTS) is 1. The van der Waals surface area contributed by atoms with E-state index in [0.29, 0.717) is 75.7 Å². The molecule has 190 valence electrons. The predicted molar refractivity (Wildman–Crippen MR) is 126 cm³/mol. The van der Waals surface area contributed by atoms with Gasteiger partial charge in [0.15, 0.2) is 0 Å². The number of amides is 2. The third-order valence-electron chi connectivity index (χ3n) is 6.48. The molecule has 35 heavy (non-hydrogen) atoms. The Morgan fingerprint density at radius 2 is 2.00 bits per heavy atom. The molecule has 3 aliphatic rings. The number of carboxylic acids is 1. The minimum atomic E-state index is -0.916. The summed E-state index contributed by atoms with van der Waals surface area (Å²) in [5.41, 5.74) is 1.75. The number of anilines is 1. The first-order chi connectivity index (χ1) is 16.8. The van der Waals surface area contributed by atoms with Crippen LogP contribution in [0.2, 0.25) is 0 Å². The van der Waals surface area contributed by atoms with Gasteiger partial charge in [0.05, 0.1) is 24.5 Å². The number of nitrogens with zero attached hydrogens (tertiary/aromatic N) is 4. The number of hydrogen-bond donors (Lipinski definition) is 3. The molecule has 2 atom stereocenters. The molecule has 11 nitrogen and oxygen atoms in total. The van der Waals surface area contributed by atoms with Crippen LogP contribution >= 0.6 is 0 Å². The van der Waals surface area contributed by atoms with Crippen LogP contribution in [0.25, 0.3) is 0 Å². The molecule has 1 aromatic carbocycles. The summed E-state index contributed by atoms with van der Waals surface area (Å²) in [4.78, 5) is 45.8. The van der Waals surface area contributed by atoms with Gasteiger partial charge in [-0.15, -0.1) is 0 Å². The van der Waals surface area contributed by atoms with Crippen molar-refractivity contribution in [3.63, 3.8) is 0 Å². The highest BCUT2D eigenvalue weighted by Gasteiger charge is 2.29. The number of rotatable bonds is 7. The Morgan fingerprint density at radius 3 is 2.69 bits per heavy atom. The number of halogens is 1. The maximum Gasteiger partial charge on any atom is 0.322 e. The molecule has 4 rings (SSSR count). The van der Waals surface area contributed by atoms with E-state index in [4.69, 9.17) is 4.84 Å². The van der Waals surface area contributed by atoms with E-state index in [-0.39, 0.29) is 30.3 Å². The first-order valence-electron chi connectivity index (χ1n) is 11.8. The summed E-state index contributed by atoms with van der Waals surface area (Å²) >= 11 is 0. The molecule has 0 aliphatic carbocycles. The summed E-state index contributed by atoms with van der Waals surface area (Å²) in [6, 6.07) is 4.31. The molecule has 0 spiro atoms. The zero-order valence-corrected chi connectivity index (χ0v) is 19.7. The second-order valence-electron chi connectivity index (χ2n) is 9.02. The van der Waals surface area contributed by atoms with Crippen molar-refractivity contribution >= 4 is 29.2 Å². The highest BCUT2D eigenvalue weighted by Crippen LogP contribution is 2.25. The number of hydrogen-bond acceptors (Lipinski definition) is 8. The quantitative estimate of drug-likeness (QED) is 0.465. The van der Waals surface area contributed by atoms with E-state index in [1.165, 1.54) is 13.0 Å². The summed E-state index contributed by atoms with van der Waals surface area (Å²) in [7, 11) is 0. The Kier molecular flexibility index (Phi) is 7.81. The summed E-state index contributed by atoms with van der Waals surface area (Å²) in [6.07, 6.45) is 0.221. The summed E-state index contributed by atoms with van der Waals surface area (Å²) in [5.74, 6) is -1.47. The van der Waals surface area contributed by atoms with Crippen LogP contribution in [-0.4, -0.2) is 109 Å². The molecule has 0 saturated carbocycles. The normalized spacial score (nSPS) is 23.0. The van der Waals surface area contributed by atoms with Crippen LogP contribution in [0.15, 0.2) is 23.4 Å². The highest BCUT2D eigenvalue weighted by atomic mass is 19.1. The van der Waals surface area contributed by atoms with Gasteiger partial charge in [-0.3, -0.25) is 19.3 Å². The topological polar surface area (TPSA) is 127 Å². The van der Waals surface area contributed by atoms with E-state index in [1.54, 1.807) is 11.0 Å². The zero-order valence-electron chi connectivity index (χ0n) is 19.7. The lowest BCUT2D eigenvalue weighted by atomic mass is 10.0. The van der Waals surface area contributed by atoms with Gasteiger partial charge in [-0.1, -0.05) is 11.2 Å². The molecular weight excluding hydrogens is 459 g/mol. The van der Waals surface area contributed by atoms with Crippen LogP contribution in [0.4, 0.5) is 10.1 Å². The van der Waals surface area contributed by atoms with E-state index in [2.05, 4.69) is 15.8 Å². The number of aliphatic carboxylic acids is 1. The Bertz CT molecular complexity index is 997. The van der Waals surface area contributed by atoms with E-state index in [1.807, 2.05) is 15.9 Å². The first kappa shape index (κ1) is 24.9. The number of carbonyl (C=O) groups excluding carboxylic acids is 2. The lowest BCUT2D eigenvalue weighted by Crippen LogP contribution is -2.57. The van der Waals surface area contributed by atoms with Gasteiger partial charge >= 0.3 is 5.97 Å². The highest BCUT2D eigenvalue weighted by molar-refractivity contribution is 6.01. The van der Waals surface area contributed by atoms with Crippen LogP contribution in [0.5, 0.6) is 0 Å². The molecule has 0 bridgehead atoms. The molecule has 0 radical (unpaired) electrons. The minimum Gasteiger partial charge on any atom is -0.480 e. The van der Waals surface area contributed by atoms with Gasteiger partial charge in [0, 0.05) is 64.7 Å². The van der Waals surface area contributed by atoms with Gasteiger partial charge in [0.1, 0.15) is 18.0 Å². The van der Waals surface area contributed by atoms with Crippen molar-refractivity contribution in [2.45, 2.75) is 25.5 Å². The molecule has 0 aromatic heterocycles. The SMILES string of the molecule is CC(=O)NCC1CC(c2ccc(N3CCN(C(=O)CN4CCNC(C(=O)O)C4)CC3)c(F)c2)=NO1. The lowest BCUT2D eigenvalue weighted by molar-refractivity contribution is -0.142. The van der Waals surface area contributed by atoms with Crippen LogP contribution in [0.3, 0.4) is 0 Å². The monoisotopic (exact) mass is 490 g/mol. The number of nitrogens with one attached hydrogen (secondary N) is 2. The number of oxime groups is 1. The van der Waals surface area contributed by atoms with Gasteiger partial charge in [0.2, 0.25) is 11.8 Å². The van der Waals surface area contributed by atoms with Crippen molar-refractivity contribution in [1.82, 2.24) is 20.4 Å². The maximum atomic E-state index is 15.0. The molecule has 1 aromatic rings. The average molecular weight is 491 g/mol. The van der Waals surface area contributed by atoms with E-state index in [0.717, 1.165) is 0 Å². The van der Waals surface area contributed by atoms with Crippen LogP contribution < -0.4 is 15.5 Å². The van der Waals surface area contributed by atoms with Crippen molar-refractivity contribution in [2.75, 3.05) is 63.8 Å². The minimum absolute atomic E-state index is 0.0421. The molecule has 2 amide bonds. The lowest BCUT2D eigenvalue weighted by Gasteiger charge is -2.38. The largest absolute Gasteiger partial charge is 0.480 e. The van der Waals surface area contributed by atoms with E-state index in [9.17, 15) is 23.9 Å². The predicted octanol–water partition coefficient (Wildman–Crippen LogP) is -0.538. The van der Waals surface area contributed by atoms with Gasteiger partial charge in [-0.25, -0.2) is 4.39 Å². The van der Waals surface area contributed by atoms with Crippen LogP contribution in [0.1, 0.15) is 18.9 Å². The standard InChI is InChI=1S/C23H31FN6O5/c1-15(31)26-12-17-11-19(27-35-17)16-2-3-21(18(24)10-16)29-6-8-30(9-7-29)22(32)14-28-5-4-25-20(13-28)23(33)34/h2-3,10,17,20,25H,4-9,11-14H2,1H3,(H,26,31)(H,33,34). The molecule has 2 fully saturated rings. The fraction of sp³-hybridized carbons (Fsp3) is 0.565. The second kappa shape index (κ2) is 11.0. The number of piperazine rings is 2. The first-order valence-corrected chi connectivity index (χ1v) is 11.8. The van der Waals surface area contributed by atoms with Gasteiger partial charge in [-0.2, -0.15) is 0 Å². The van der Waals surface area contributed by atoms with E-state index >= 15 is 0 Å². The van der Waals surface area contributed by atoms with Crippen molar-refractivity contribution in [3.05, 3.63) is 29.6 Å². The fourth-order valence-electron chi connectivity index (χ4n) is 4.52. The van der Waals surface area contributed by atoms with Crippen molar-refractivity contribution < 1.29 is 28.7 Å². The van der Waals surface area contributed by atoms with Crippen molar-refractivity contribution in [2.24, 2.45) is 5.16 Å². The number of benzene rings is 1. The fourth-order valence-corrected chi connectivity index (χ4v) is 4.52. The molecule has 12 heteroatoms. The molecule has 3 aliphatic heterocycles. The third kappa shape index (κ3) is 6.25. The van der Waals surface area contributed by atoms with Crippen LogP contribution in [-0.2, 0) is 19.2 Å². The second-order valence-corrected chi connectivity index (χ2v) is 9.02. The summed E-state index contributed by atoms with van der Waals surface area (Å²) < 4.78 is 15.0. The Hall–Kier alpha value is -3.25. The van der Waals surface area contributed by atoms with E-state index < -0.39 is 12.0 Å². The van der Waals surface area contributed by atoms with Gasteiger partial charge in [-0.05, 0) is 12.1 Å². The Balaban J connectivity index is 1.27. The van der Waals surface area contributed by atoms with Crippen molar-refractivity contribution in [1.29, 1.82) is 0 Å². The molecule has 3 N–H and O–H groups in total.